The van der Waals surface area contributed by atoms with Gasteiger partial charge in [-0.25, -0.2) is 4.39 Å². The summed E-state index contributed by atoms with van der Waals surface area (Å²) < 4.78 is 24.8. The molecule has 2 aliphatic rings. The Morgan fingerprint density at radius 2 is 2.08 bits per heavy atom. The third-order valence-electron chi connectivity index (χ3n) is 5.33. The number of fused-ring (bicyclic) bond motifs is 1. The predicted octanol–water partition coefficient (Wildman–Crippen LogP) is 2.49. The normalized spacial score (nSPS) is 23.2. The molecular formula is C19H23FN2O3. The predicted molar refractivity (Wildman–Crippen MR) is 93.1 cm³/mol. The highest BCUT2D eigenvalue weighted by molar-refractivity contribution is 5.78. The quantitative estimate of drug-likeness (QED) is 0.896. The maximum Gasteiger partial charge on any atom is 0.189 e. The highest BCUT2D eigenvalue weighted by atomic mass is 19.1. The lowest BCUT2D eigenvalue weighted by atomic mass is 9.84. The minimum Gasteiger partial charge on any atom is -0.381 e. The molecule has 1 aromatic heterocycles. The van der Waals surface area contributed by atoms with E-state index in [1.165, 1.54) is 12.1 Å². The summed E-state index contributed by atoms with van der Waals surface area (Å²) in [6, 6.07) is 6.17. The molecule has 0 bridgehead atoms. The highest BCUT2D eigenvalue weighted by Crippen LogP contribution is 2.34. The molecule has 0 aliphatic carbocycles. The number of H-pyrrole nitrogens is 1. The average molecular weight is 346 g/mol. The zero-order chi connectivity index (χ0) is 17.3. The third-order valence-corrected chi connectivity index (χ3v) is 5.33. The van der Waals surface area contributed by atoms with E-state index in [1.54, 1.807) is 12.1 Å². The molecule has 25 heavy (non-hydrogen) atoms. The van der Waals surface area contributed by atoms with E-state index in [9.17, 15) is 9.18 Å². The largest absolute Gasteiger partial charge is 0.381 e. The highest BCUT2D eigenvalue weighted by Gasteiger charge is 2.38. The zero-order valence-corrected chi connectivity index (χ0v) is 14.1. The second-order valence-electron chi connectivity index (χ2n) is 7.06. The molecule has 5 nitrogen and oxygen atoms in total. The van der Waals surface area contributed by atoms with E-state index in [0.717, 1.165) is 51.2 Å². The van der Waals surface area contributed by atoms with Crippen molar-refractivity contribution in [1.82, 2.24) is 10.3 Å². The second kappa shape index (κ2) is 6.86. The molecule has 134 valence electrons. The molecule has 2 N–H and O–H groups in total. The van der Waals surface area contributed by atoms with Crippen molar-refractivity contribution in [3.63, 3.8) is 0 Å². The molecule has 4 rings (SSSR count). The molecule has 2 aromatic rings. The first-order valence-corrected chi connectivity index (χ1v) is 8.90. The first-order chi connectivity index (χ1) is 12.1. The van der Waals surface area contributed by atoms with Crippen LogP contribution in [0.25, 0.3) is 10.9 Å². The smallest absolute Gasteiger partial charge is 0.189 e. The molecule has 6 heteroatoms. The Hall–Kier alpha value is -1.76. The fraction of sp³-hybridized carbons (Fsp3) is 0.526. The average Bonchev–Trinajstić information content (AvgIpc) is 2.61. The number of rotatable bonds is 3. The lowest BCUT2D eigenvalue weighted by Gasteiger charge is -2.43. The van der Waals surface area contributed by atoms with Crippen molar-refractivity contribution in [2.24, 2.45) is 0 Å². The van der Waals surface area contributed by atoms with E-state index < -0.39 is 5.82 Å². The van der Waals surface area contributed by atoms with E-state index in [1.807, 2.05) is 0 Å². The van der Waals surface area contributed by atoms with Crippen molar-refractivity contribution in [3.05, 3.63) is 46.0 Å². The molecule has 1 atom stereocenters. The van der Waals surface area contributed by atoms with Gasteiger partial charge in [0, 0.05) is 55.1 Å². The van der Waals surface area contributed by atoms with Crippen LogP contribution in [0.4, 0.5) is 4.39 Å². The van der Waals surface area contributed by atoms with Crippen LogP contribution >= 0.6 is 0 Å². The van der Waals surface area contributed by atoms with Gasteiger partial charge in [0.05, 0.1) is 5.60 Å². The van der Waals surface area contributed by atoms with Crippen LogP contribution in [0.15, 0.2) is 29.1 Å². The van der Waals surface area contributed by atoms with Crippen LogP contribution in [0.1, 0.15) is 31.4 Å². The van der Waals surface area contributed by atoms with Gasteiger partial charge in [0.25, 0.3) is 0 Å². The molecule has 0 unspecified atom stereocenters. The summed E-state index contributed by atoms with van der Waals surface area (Å²) in [6.45, 7) is 2.87. The van der Waals surface area contributed by atoms with Gasteiger partial charge in [0.2, 0.25) is 0 Å². The molecule has 2 saturated heterocycles. The van der Waals surface area contributed by atoms with Crippen LogP contribution in [-0.2, 0) is 16.0 Å². The van der Waals surface area contributed by atoms with E-state index in [0.29, 0.717) is 23.5 Å². The topological polar surface area (TPSA) is 63.4 Å². The number of benzene rings is 1. The van der Waals surface area contributed by atoms with Crippen LogP contribution in [0.2, 0.25) is 0 Å². The van der Waals surface area contributed by atoms with Gasteiger partial charge in [0.15, 0.2) is 5.43 Å². The van der Waals surface area contributed by atoms with Crippen LogP contribution in [-0.4, -0.2) is 36.4 Å². The maximum absolute atomic E-state index is 13.3. The summed E-state index contributed by atoms with van der Waals surface area (Å²) >= 11 is 0. The van der Waals surface area contributed by atoms with Crippen molar-refractivity contribution in [2.45, 2.75) is 43.9 Å². The summed E-state index contributed by atoms with van der Waals surface area (Å²) in [6.07, 6.45) is 3.83. The lowest BCUT2D eigenvalue weighted by molar-refractivity contribution is -0.140. The molecule has 1 aromatic carbocycles. The van der Waals surface area contributed by atoms with Gasteiger partial charge < -0.3 is 19.8 Å². The van der Waals surface area contributed by atoms with E-state index in [2.05, 4.69) is 10.3 Å². The Morgan fingerprint density at radius 3 is 2.92 bits per heavy atom. The number of halogens is 1. The van der Waals surface area contributed by atoms with Gasteiger partial charge in [-0.2, -0.15) is 0 Å². The molecule has 0 amide bonds. The van der Waals surface area contributed by atoms with Crippen molar-refractivity contribution in [3.8, 4) is 0 Å². The zero-order valence-electron chi connectivity index (χ0n) is 14.1. The summed E-state index contributed by atoms with van der Waals surface area (Å²) in [5.74, 6) is -0.396. The maximum atomic E-state index is 13.3. The monoisotopic (exact) mass is 346 g/mol. The SMILES string of the molecule is O=c1cc(CN[C@@H]2CCOC3(CCOCC3)C2)[nH]c2ccc(F)cc12. The van der Waals surface area contributed by atoms with Gasteiger partial charge in [-0.1, -0.05) is 0 Å². The van der Waals surface area contributed by atoms with E-state index >= 15 is 0 Å². The van der Waals surface area contributed by atoms with Crippen LogP contribution < -0.4 is 10.7 Å². The molecule has 0 radical (unpaired) electrons. The summed E-state index contributed by atoms with van der Waals surface area (Å²) in [5.41, 5.74) is 1.27. The van der Waals surface area contributed by atoms with Gasteiger partial charge in [0.1, 0.15) is 5.82 Å². The first kappa shape index (κ1) is 16.7. The number of hydrogen-bond donors (Lipinski definition) is 2. The van der Waals surface area contributed by atoms with E-state index in [4.69, 9.17) is 9.47 Å². The van der Waals surface area contributed by atoms with Crippen LogP contribution in [0.3, 0.4) is 0 Å². The van der Waals surface area contributed by atoms with Crippen molar-refractivity contribution >= 4 is 10.9 Å². The standard InChI is InChI=1S/C19H23FN2O3/c20-13-1-2-17-16(9-13)18(23)10-15(22-17)12-21-14-3-6-25-19(11-14)4-7-24-8-5-19/h1-2,9-10,14,21H,3-8,11-12H2,(H,22,23)/t14-/m1/s1. The molecule has 1 spiro atoms. The number of aromatic amines is 1. The Bertz CT molecular complexity index is 808. The van der Waals surface area contributed by atoms with Gasteiger partial charge >= 0.3 is 0 Å². The fourth-order valence-corrected chi connectivity index (χ4v) is 3.92. The van der Waals surface area contributed by atoms with Gasteiger partial charge in [-0.05, 0) is 43.9 Å². The number of hydrogen-bond acceptors (Lipinski definition) is 4. The van der Waals surface area contributed by atoms with Crippen molar-refractivity contribution < 1.29 is 13.9 Å². The molecule has 2 aliphatic heterocycles. The lowest BCUT2D eigenvalue weighted by Crippen LogP contribution is -2.49. The number of aromatic nitrogens is 1. The Kier molecular flexibility index (Phi) is 4.58. The number of nitrogens with one attached hydrogen (secondary N) is 2. The fourth-order valence-electron chi connectivity index (χ4n) is 3.92. The van der Waals surface area contributed by atoms with Crippen LogP contribution in [0, 0.1) is 5.82 Å². The number of ether oxygens (including phenoxy) is 2. The molecule has 3 heterocycles. The number of pyridine rings is 1. The molecule has 0 saturated carbocycles. The second-order valence-corrected chi connectivity index (χ2v) is 7.06. The Balaban J connectivity index is 1.45. The third kappa shape index (κ3) is 3.61. The minimum absolute atomic E-state index is 0.0531. The van der Waals surface area contributed by atoms with Gasteiger partial charge in [-0.3, -0.25) is 4.79 Å². The van der Waals surface area contributed by atoms with Crippen molar-refractivity contribution in [1.29, 1.82) is 0 Å². The molecular weight excluding hydrogens is 323 g/mol. The summed E-state index contributed by atoms with van der Waals surface area (Å²) in [4.78, 5) is 15.4. The van der Waals surface area contributed by atoms with E-state index in [-0.39, 0.29) is 11.0 Å². The van der Waals surface area contributed by atoms with Gasteiger partial charge in [-0.15, -0.1) is 0 Å². The minimum atomic E-state index is -0.396. The summed E-state index contributed by atoms with van der Waals surface area (Å²) in [5, 5.41) is 3.93. The molecule has 2 fully saturated rings. The Morgan fingerprint density at radius 1 is 1.24 bits per heavy atom. The summed E-state index contributed by atoms with van der Waals surface area (Å²) in [7, 11) is 0. The van der Waals surface area contributed by atoms with Crippen LogP contribution in [0.5, 0.6) is 0 Å². The Labute approximate surface area is 145 Å². The first-order valence-electron chi connectivity index (χ1n) is 8.90. The van der Waals surface area contributed by atoms with Crippen molar-refractivity contribution in [2.75, 3.05) is 19.8 Å².